The van der Waals surface area contributed by atoms with Gasteiger partial charge in [-0.3, -0.25) is 0 Å². The van der Waals surface area contributed by atoms with Crippen molar-refractivity contribution in [1.82, 2.24) is 0 Å². The molecule has 0 aromatic carbocycles. The van der Waals surface area contributed by atoms with Crippen molar-refractivity contribution >= 4 is 10.2 Å². The van der Waals surface area contributed by atoms with Gasteiger partial charge in [0.05, 0.1) is 0 Å². The van der Waals surface area contributed by atoms with E-state index < -0.39 is 0 Å². The predicted octanol–water partition coefficient (Wildman–Crippen LogP) is 0.221. The van der Waals surface area contributed by atoms with E-state index in [-0.39, 0.29) is 0 Å². The van der Waals surface area contributed by atoms with E-state index in [1.54, 1.807) is 0 Å². The first kappa shape index (κ1) is 6.65. The van der Waals surface area contributed by atoms with Gasteiger partial charge in [-0.1, -0.05) is 0 Å². The molecule has 6 heavy (non-hydrogen) atoms. The van der Waals surface area contributed by atoms with Crippen molar-refractivity contribution in [2.75, 3.05) is 0 Å². The zero-order valence-electron chi connectivity index (χ0n) is 3.98. The van der Waals surface area contributed by atoms with Gasteiger partial charge >= 0.3 is 53.1 Å². The molecule has 0 rings (SSSR count). The van der Waals surface area contributed by atoms with Crippen LogP contribution in [-0.2, 0) is 19.8 Å². The summed E-state index contributed by atoms with van der Waals surface area (Å²) in [5, 5.41) is 0. The van der Waals surface area contributed by atoms with E-state index in [1.165, 1.54) is 21.5 Å². The quantitative estimate of drug-likeness (QED) is 0.534. The molecular formula is C4H9MoSi. The van der Waals surface area contributed by atoms with Gasteiger partial charge in [-0.25, -0.2) is 0 Å². The van der Waals surface area contributed by atoms with Gasteiger partial charge < -0.3 is 0 Å². The molecular weight excluding hydrogens is 172 g/mol. The van der Waals surface area contributed by atoms with Crippen LogP contribution in [0.25, 0.3) is 0 Å². The average Bonchev–Trinajstić information content (AvgIpc) is 1.61. The van der Waals surface area contributed by atoms with Crippen molar-refractivity contribution in [3.63, 3.8) is 0 Å². The Labute approximate surface area is 53.3 Å². The molecule has 0 fully saturated rings. The molecule has 0 unspecified atom stereocenters. The summed E-state index contributed by atoms with van der Waals surface area (Å²) in [6, 6.07) is 0. The van der Waals surface area contributed by atoms with Gasteiger partial charge in [0.1, 0.15) is 0 Å². The molecule has 0 bridgehead atoms. The second kappa shape index (κ2) is 5.65. The summed E-state index contributed by atoms with van der Waals surface area (Å²) in [6.07, 6.45) is 3.52. The Hall–Kier alpha value is 0.645. The second-order valence-electron chi connectivity index (χ2n) is 1.06. The molecule has 0 heterocycles. The summed E-state index contributed by atoms with van der Waals surface area (Å²) in [4.78, 5) is 1.30. The number of allylic oxidation sites excluding steroid dienone is 1. The molecule has 35 valence electrons. The Morgan fingerprint density at radius 3 is 2.50 bits per heavy atom. The minimum absolute atomic E-state index is 1.22. The third-order valence-electron chi connectivity index (χ3n) is 0.520. The zero-order chi connectivity index (χ0) is 4.83. The normalized spacial score (nSPS) is 10.7. The monoisotopic (exact) mass is 183 g/mol. The van der Waals surface area contributed by atoms with E-state index in [2.05, 4.69) is 31.6 Å². The van der Waals surface area contributed by atoms with Crippen LogP contribution in [0, 0.1) is 0 Å². The molecule has 0 N–H and O–H groups in total. The molecule has 0 saturated heterocycles. The summed E-state index contributed by atoms with van der Waals surface area (Å²) in [5.74, 6) is 0. The Bertz CT molecular complexity index is 42.8. The molecule has 0 atom stereocenters. The first-order chi connectivity index (χ1) is 2.91. The van der Waals surface area contributed by atoms with Crippen LogP contribution in [0.1, 0.15) is 6.42 Å². The van der Waals surface area contributed by atoms with Crippen molar-refractivity contribution in [3.8, 4) is 0 Å². The Morgan fingerprint density at radius 1 is 1.67 bits per heavy atom. The molecule has 0 saturated carbocycles. The molecule has 0 aliphatic rings. The van der Waals surface area contributed by atoms with Gasteiger partial charge in [0.25, 0.3) is 0 Å². The van der Waals surface area contributed by atoms with Crippen LogP contribution in [-0.4, -0.2) is 10.2 Å². The molecule has 0 amide bonds. The van der Waals surface area contributed by atoms with Crippen LogP contribution in [0.15, 0.2) is 11.8 Å². The summed E-state index contributed by atoms with van der Waals surface area (Å²) >= 11 is 2.14. The molecule has 0 nitrogen and oxygen atoms in total. The second-order valence-corrected chi connectivity index (χ2v) is 2.73. The maximum atomic E-state index is 2.24. The number of rotatable bonds is 2. The molecule has 2 heteroatoms. The fourth-order valence-corrected chi connectivity index (χ4v) is 0.903. The fourth-order valence-electron chi connectivity index (χ4n) is 0.235. The third kappa shape index (κ3) is 4.65. The van der Waals surface area contributed by atoms with Crippen molar-refractivity contribution < 1.29 is 19.8 Å². The Balaban J connectivity index is 2.66. The van der Waals surface area contributed by atoms with Gasteiger partial charge in [0.2, 0.25) is 0 Å². The van der Waals surface area contributed by atoms with E-state index in [0.717, 1.165) is 0 Å². The van der Waals surface area contributed by atoms with Gasteiger partial charge in [0.15, 0.2) is 0 Å². The van der Waals surface area contributed by atoms with Gasteiger partial charge in [0, 0.05) is 0 Å². The van der Waals surface area contributed by atoms with E-state index in [9.17, 15) is 0 Å². The molecule has 0 aliphatic heterocycles. The molecule has 0 aliphatic carbocycles. The predicted molar refractivity (Wildman–Crippen MR) is 28.5 cm³/mol. The summed E-state index contributed by atoms with van der Waals surface area (Å²) < 4.78 is 0. The van der Waals surface area contributed by atoms with Crippen molar-refractivity contribution in [1.29, 1.82) is 0 Å². The van der Waals surface area contributed by atoms with E-state index in [1.807, 2.05) is 0 Å². The van der Waals surface area contributed by atoms with Crippen LogP contribution < -0.4 is 0 Å². The SMILES string of the molecule is [SiH3]C=CC[CH2][Mo]. The Morgan fingerprint density at radius 2 is 2.33 bits per heavy atom. The van der Waals surface area contributed by atoms with E-state index in [4.69, 9.17) is 0 Å². The number of hydrogen-bond acceptors (Lipinski definition) is 0. The van der Waals surface area contributed by atoms with Crippen LogP contribution in [0.4, 0.5) is 0 Å². The van der Waals surface area contributed by atoms with Crippen LogP contribution >= 0.6 is 0 Å². The standard InChI is InChI=1S/C4H9Si.Mo/c1-2-3-4-5;/h3-4H,1-2H2,5H3;. The van der Waals surface area contributed by atoms with E-state index in [0.29, 0.717) is 0 Å². The average molecular weight is 181 g/mol. The zero-order valence-corrected chi connectivity index (χ0v) is 7.98. The van der Waals surface area contributed by atoms with Gasteiger partial charge in [-0.05, 0) is 0 Å². The fraction of sp³-hybridized carbons (Fsp3) is 0.500. The van der Waals surface area contributed by atoms with Crippen molar-refractivity contribution in [3.05, 3.63) is 11.8 Å². The van der Waals surface area contributed by atoms with Gasteiger partial charge in [-0.15, -0.1) is 0 Å². The summed E-state index contributed by atoms with van der Waals surface area (Å²) in [6.45, 7) is 0. The Kier molecular flexibility index (Phi) is 6.25. The summed E-state index contributed by atoms with van der Waals surface area (Å²) in [7, 11) is 1.22. The van der Waals surface area contributed by atoms with Crippen molar-refractivity contribution in [2.24, 2.45) is 0 Å². The molecule has 0 aromatic heterocycles. The topological polar surface area (TPSA) is 0 Å². The molecule has 0 radical (unpaired) electrons. The van der Waals surface area contributed by atoms with Crippen LogP contribution in [0.3, 0.4) is 0 Å². The number of hydrogen-bond donors (Lipinski definition) is 0. The molecule has 0 spiro atoms. The third-order valence-corrected chi connectivity index (χ3v) is 1.57. The maximum absolute atomic E-state index is 2.24. The first-order valence-corrected chi connectivity index (χ1v) is 4.68. The van der Waals surface area contributed by atoms with Gasteiger partial charge in [-0.2, -0.15) is 0 Å². The van der Waals surface area contributed by atoms with Crippen LogP contribution in [0.5, 0.6) is 0 Å². The van der Waals surface area contributed by atoms with Crippen molar-refractivity contribution in [2.45, 2.75) is 11.2 Å². The van der Waals surface area contributed by atoms with Crippen LogP contribution in [0.2, 0.25) is 4.81 Å². The molecule has 0 aromatic rings. The van der Waals surface area contributed by atoms with E-state index >= 15 is 0 Å². The first-order valence-electron chi connectivity index (χ1n) is 2.11. The summed E-state index contributed by atoms with van der Waals surface area (Å²) in [5.41, 5.74) is 2.23. The minimum atomic E-state index is 1.22.